The molecule has 0 radical (unpaired) electrons. The average molecular weight is 1510 g/mol. The van der Waals surface area contributed by atoms with Gasteiger partial charge in [0.2, 0.25) is 0 Å². The lowest BCUT2D eigenvalue weighted by atomic mass is 9.94. The highest BCUT2D eigenvalue weighted by Gasteiger charge is 2.41. The highest BCUT2D eigenvalue weighted by Crippen LogP contribution is 2.41. The van der Waals surface area contributed by atoms with Crippen molar-refractivity contribution in [3.05, 3.63) is 234 Å². The smallest absolute Gasteiger partial charge is 0.265 e. The van der Waals surface area contributed by atoms with Crippen LogP contribution in [0.5, 0.6) is 17.2 Å². The number of benzene rings is 6. The minimum absolute atomic E-state index is 0.0139. The van der Waals surface area contributed by atoms with E-state index in [0.717, 1.165) is 178 Å². The molecule has 9 heterocycles. The van der Waals surface area contributed by atoms with Gasteiger partial charge in [-0.2, -0.15) is 0 Å². The highest BCUT2D eigenvalue weighted by molar-refractivity contribution is 5.95. The first-order chi connectivity index (χ1) is 54.4. The largest absolute Gasteiger partial charge is 0.508 e. The fraction of sp³-hybridized carbons (Fsp3) is 0.516. The van der Waals surface area contributed by atoms with Crippen LogP contribution in [0.1, 0.15) is 230 Å². The molecule has 9 aliphatic rings. The van der Waals surface area contributed by atoms with E-state index in [0.29, 0.717) is 52.9 Å². The minimum Gasteiger partial charge on any atom is -0.508 e. The molecule has 594 valence electrons. The van der Waals surface area contributed by atoms with Crippen molar-refractivity contribution in [2.45, 2.75) is 202 Å². The second-order valence-corrected chi connectivity index (χ2v) is 32.7. The summed E-state index contributed by atoms with van der Waals surface area (Å²) in [6, 6.07) is 51.9. The summed E-state index contributed by atoms with van der Waals surface area (Å²) < 4.78 is 5.61. The van der Waals surface area contributed by atoms with Crippen molar-refractivity contribution in [3.8, 4) is 17.2 Å². The Morgan fingerprint density at radius 2 is 0.649 bits per heavy atom. The second kappa shape index (κ2) is 40.6. The molecule has 0 saturated carbocycles. The van der Waals surface area contributed by atoms with Gasteiger partial charge in [0.1, 0.15) is 17.2 Å². The summed E-state index contributed by atoms with van der Waals surface area (Å²) in [6.45, 7) is 26.5. The number of carbonyl (C=O) groups is 3. The van der Waals surface area contributed by atoms with Crippen molar-refractivity contribution >= 4 is 17.7 Å². The van der Waals surface area contributed by atoms with Crippen LogP contribution >= 0.6 is 0 Å². The number of hydrogen-bond donors (Lipinski definition) is 5. The number of methoxy groups -OCH3 is 1. The molecule has 18 heteroatoms. The van der Waals surface area contributed by atoms with Crippen molar-refractivity contribution in [3.63, 3.8) is 0 Å². The second-order valence-electron chi connectivity index (χ2n) is 32.7. The first-order valence-corrected chi connectivity index (χ1v) is 42.4. The third kappa shape index (κ3) is 21.5. The number of phenols is 2. The predicted molar refractivity (Wildman–Crippen MR) is 446 cm³/mol. The van der Waals surface area contributed by atoms with E-state index in [-0.39, 0.29) is 47.3 Å². The van der Waals surface area contributed by atoms with Gasteiger partial charge in [0.15, 0.2) is 0 Å². The molecule has 15 rings (SSSR count). The van der Waals surface area contributed by atoms with Gasteiger partial charge in [0, 0.05) is 151 Å². The molecule has 6 aromatic carbocycles. The minimum atomic E-state index is -0.0407. The molecule has 9 aliphatic heterocycles. The van der Waals surface area contributed by atoms with E-state index in [1.165, 1.54) is 107 Å². The summed E-state index contributed by atoms with van der Waals surface area (Å²) in [5, 5.41) is 26.8. The lowest BCUT2D eigenvalue weighted by Crippen LogP contribution is -2.48. The molecule has 111 heavy (non-hydrogen) atoms. The zero-order chi connectivity index (χ0) is 76.8. The summed E-state index contributed by atoms with van der Waals surface area (Å²) in [5.74, 6) is 1.37. The maximum atomic E-state index is 13.0. The van der Waals surface area contributed by atoms with Gasteiger partial charge in [0.05, 0.1) is 25.2 Å². The standard InChI is InChI=1S/C32H44N4O2.C31H42N4O2.C30H40N4O2/c1-3-19-36-28-11-9-12-29(36)24-34(22-18-28)31(27-10-8-13-30(23-27)38-2)25-14-16-26(17-15-25)32(37)33-35-20-6-4-5-7-21-35;1-2-18-35-27-10-8-11-28(35)23-33(21-17-27)30(26-9-7-12-29(36)22-26)24-13-15-25(16-14-24)31(37)32-34-19-5-3-4-6-20-34;1-2-17-34-26-9-7-10-27(34)22-32(20-16-26)29(25-8-6-11-28(35)21-25)23-12-14-24(15-13-23)30(36)31-33-18-4-3-5-19-33/h3,8,10,13-17,23,28-29,31H,1,4-7,9,11-12,18-22,24H2,2H3,(H,33,37);2,7,9,12-16,22,27-28,30,36H,1,3-6,8,10-11,17-21,23H2,(H,32,37);2,6,8,11-15,21,26-27,29,35H,1,3-5,7,9-10,16-20,22H2,(H,31,36). The molecular formula is C93H126N12O6. The third-order valence-corrected chi connectivity index (χ3v) is 25.3. The van der Waals surface area contributed by atoms with E-state index in [4.69, 9.17) is 4.74 Å². The number of hydrazine groups is 3. The molecule has 0 spiro atoms. The Labute approximate surface area is 662 Å². The number of aromatic hydroxyl groups is 2. The lowest BCUT2D eigenvalue weighted by molar-refractivity contribution is 0.0748. The Balaban J connectivity index is 0.000000146. The molecule has 6 aromatic rings. The van der Waals surface area contributed by atoms with Crippen molar-refractivity contribution < 1.29 is 29.3 Å². The van der Waals surface area contributed by atoms with Crippen molar-refractivity contribution in [1.29, 1.82) is 0 Å². The van der Waals surface area contributed by atoms with Gasteiger partial charge < -0.3 is 14.9 Å². The Morgan fingerprint density at radius 3 is 0.946 bits per heavy atom. The SMILES string of the molecule is C=CCN1C2CCCC1CN(C(c1ccc(C(=O)NN3CCCCC3)cc1)c1cccc(O)c1)CC2.C=CCN1C2CCCC1CN(C(c1ccc(C(=O)NN3CCCCCC3)cc1)c1cccc(O)c1)CC2.C=CCN1C2CCCC1CN(C(c1ccc(C(=O)NN3CCCCCC3)cc1)c1cccc(OC)c1)CC2. The fourth-order valence-electron chi connectivity index (χ4n) is 19.7. The van der Waals surface area contributed by atoms with Gasteiger partial charge in [-0.3, -0.25) is 60.1 Å². The van der Waals surface area contributed by atoms with Crippen LogP contribution in [0.15, 0.2) is 184 Å². The van der Waals surface area contributed by atoms with Gasteiger partial charge in [-0.05, 0) is 202 Å². The van der Waals surface area contributed by atoms with E-state index in [1.807, 2.05) is 83.9 Å². The Bertz CT molecular complexity index is 3950. The predicted octanol–water partition coefficient (Wildman–Crippen LogP) is 15.3. The molecule has 9 fully saturated rings. The van der Waals surface area contributed by atoms with Crippen molar-refractivity contribution in [1.82, 2.24) is 60.7 Å². The molecule has 5 N–H and O–H groups in total. The normalized spacial score (nSPS) is 24.4. The highest BCUT2D eigenvalue weighted by atomic mass is 16.5. The molecule has 9 saturated heterocycles. The maximum absolute atomic E-state index is 13.0. The van der Waals surface area contributed by atoms with Gasteiger partial charge in [-0.1, -0.05) is 142 Å². The van der Waals surface area contributed by atoms with Crippen LogP contribution < -0.4 is 21.0 Å². The topological polar surface area (TPSA) is 166 Å². The Morgan fingerprint density at radius 1 is 0.360 bits per heavy atom. The molecule has 0 aliphatic carbocycles. The molecular weight excluding hydrogens is 1380 g/mol. The van der Waals surface area contributed by atoms with Crippen LogP contribution in [0.3, 0.4) is 0 Å². The average Bonchev–Trinajstić information content (AvgIpc) is 1.78. The quantitative estimate of drug-likeness (QED) is 0.0407. The van der Waals surface area contributed by atoms with Crippen LogP contribution in [0.2, 0.25) is 0 Å². The van der Waals surface area contributed by atoms with E-state index >= 15 is 0 Å². The maximum Gasteiger partial charge on any atom is 0.265 e. The number of hydrogen-bond acceptors (Lipinski definition) is 15. The van der Waals surface area contributed by atoms with E-state index in [9.17, 15) is 24.6 Å². The van der Waals surface area contributed by atoms with Gasteiger partial charge in [-0.25, -0.2) is 15.0 Å². The number of ether oxygens (including phenoxy) is 1. The number of carbonyl (C=O) groups excluding carboxylic acids is 3. The number of nitrogens with one attached hydrogen (secondary N) is 3. The fourth-order valence-corrected chi connectivity index (χ4v) is 19.7. The number of phenolic OH excluding ortho intramolecular Hbond substituents is 2. The number of piperidine rings is 4. The molecule has 9 atom stereocenters. The number of rotatable bonds is 22. The molecule has 0 aromatic heterocycles. The number of amides is 3. The van der Waals surface area contributed by atoms with Crippen LogP contribution in [-0.2, 0) is 0 Å². The van der Waals surface area contributed by atoms with Crippen molar-refractivity contribution in [2.24, 2.45) is 0 Å². The Kier molecular flexibility index (Phi) is 29.7. The summed E-state index contributed by atoms with van der Waals surface area (Å²) in [4.78, 5) is 54.7. The monoisotopic (exact) mass is 1510 g/mol. The summed E-state index contributed by atoms with van der Waals surface area (Å²) in [6.07, 6.45) is 33.9. The van der Waals surface area contributed by atoms with E-state index < -0.39 is 0 Å². The third-order valence-electron chi connectivity index (χ3n) is 25.3. The van der Waals surface area contributed by atoms with Gasteiger partial charge >= 0.3 is 0 Å². The first-order valence-electron chi connectivity index (χ1n) is 42.4. The van der Waals surface area contributed by atoms with Gasteiger partial charge in [0.25, 0.3) is 17.7 Å². The zero-order valence-corrected chi connectivity index (χ0v) is 66.3. The van der Waals surface area contributed by atoms with Gasteiger partial charge in [-0.15, -0.1) is 19.7 Å². The summed E-state index contributed by atoms with van der Waals surface area (Å²) >= 11 is 0. The van der Waals surface area contributed by atoms with Crippen molar-refractivity contribution in [2.75, 3.05) is 105 Å². The summed E-state index contributed by atoms with van der Waals surface area (Å²) in [5.41, 5.74) is 18.4. The van der Waals surface area contributed by atoms with Crippen LogP contribution in [0.25, 0.3) is 0 Å². The zero-order valence-electron chi connectivity index (χ0n) is 66.3. The van der Waals surface area contributed by atoms with Crippen LogP contribution in [-0.4, -0.2) is 214 Å². The van der Waals surface area contributed by atoms with E-state index in [2.05, 4.69) is 148 Å². The van der Waals surface area contributed by atoms with E-state index in [1.54, 1.807) is 19.2 Å². The Hall–Kier alpha value is -8.01. The summed E-state index contributed by atoms with van der Waals surface area (Å²) in [7, 11) is 1.73. The number of nitrogens with zero attached hydrogens (tertiary/aromatic N) is 9. The molecule has 9 unspecified atom stereocenters. The molecule has 18 nitrogen and oxygen atoms in total. The first kappa shape index (κ1) is 81.0. The lowest BCUT2D eigenvalue weighted by Gasteiger charge is -2.41. The van der Waals surface area contributed by atoms with Crippen LogP contribution in [0, 0.1) is 0 Å². The number of fused-ring (bicyclic) bond motifs is 6. The molecule has 3 amide bonds. The van der Waals surface area contributed by atoms with Crippen LogP contribution in [0.4, 0.5) is 0 Å². The molecule has 6 bridgehead atoms.